The van der Waals surface area contributed by atoms with Crippen molar-refractivity contribution in [2.24, 2.45) is 0 Å². The Kier molecular flexibility index (Phi) is 5.63. The van der Waals surface area contributed by atoms with Gasteiger partial charge in [0.05, 0.1) is 12.2 Å². The summed E-state index contributed by atoms with van der Waals surface area (Å²) in [5, 5.41) is 1.65. The molecule has 0 bridgehead atoms. The van der Waals surface area contributed by atoms with Crippen LogP contribution in [-0.4, -0.2) is 22.6 Å². The number of fused-ring (bicyclic) bond motifs is 1. The summed E-state index contributed by atoms with van der Waals surface area (Å²) in [4.78, 5) is 27.9. The molecule has 1 heterocycles. The minimum atomic E-state index is -0.271. The van der Waals surface area contributed by atoms with Gasteiger partial charge in [-0.25, -0.2) is 0 Å². The first-order chi connectivity index (χ1) is 12.1. The molecule has 0 saturated carbocycles. The van der Waals surface area contributed by atoms with Gasteiger partial charge in [-0.1, -0.05) is 29.8 Å². The third kappa shape index (κ3) is 4.78. The monoisotopic (exact) mass is 373 g/mol. The highest BCUT2D eigenvalue weighted by atomic mass is 35.5. The lowest BCUT2D eigenvalue weighted by molar-refractivity contribution is -0.127. The van der Waals surface area contributed by atoms with E-state index in [4.69, 9.17) is 11.6 Å². The van der Waals surface area contributed by atoms with E-state index in [9.17, 15) is 9.59 Å². The number of hydrogen-bond donors (Lipinski definition) is 3. The van der Waals surface area contributed by atoms with Gasteiger partial charge in [0.2, 0.25) is 11.8 Å². The molecule has 0 aliphatic rings. The van der Waals surface area contributed by atoms with E-state index in [1.165, 1.54) is 11.8 Å². The summed E-state index contributed by atoms with van der Waals surface area (Å²) in [6.45, 7) is 0. The summed E-state index contributed by atoms with van der Waals surface area (Å²) in [5.74, 6) is -0.337. The number of hydrogen-bond acceptors (Lipinski definition) is 3. The molecule has 2 aromatic carbocycles. The van der Waals surface area contributed by atoms with Crippen molar-refractivity contribution < 1.29 is 9.59 Å². The summed E-state index contributed by atoms with van der Waals surface area (Å²) in [6, 6.07) is 15.0. The lowest BCUT2D eigenvalue weighted by Crippen LogP contribution is -2.43. The standard InChI is InChI=1S/C18H16ClN3O2S/c19-13-5-7-14(8-6-13)25-11-18(24)22-21-17(23)9-12-10-20-16-4-2-1-3-15(12)16/h1-8,10,20H,9,11H2,(H,21,23)(H,22,24). The SMILES string of the molecule is O=C(CSc1ccc(Cl)cc1)NNC(=O)Cc1c[nH]c2ccccc12. The first kappa shape index (κ1) is 17.4. The summed E-state index contributed by atoms with van der Waals surface area (Å²) in [6.07, 6.45) is 2.00. The number of amides is 2. The Labute approximate surface area is 154 Å². The van der Waals surface area contributed by atoms with Crippen LogP contribution in [0.3, 0.4) is 0 Å². The summed E-state index contributed by atoms with van der Waals surface area (Å²) < 4.78 is 0. The second kappa shape index (κ2) is 8.09. The van der Waals surface area contributed by atoms with E-state index in [-0.39, 0.29) is 24.0 Å². The van der Waals surface area contributed by atoms with Gasteiger partial charge in [0.15, 0.2) is 0 Å². The maximum absolute atomic E-state index is 12.0. The molecule has 0 spiro atoms. The van der Waals surface area contributed by atoms with Gasteiger partial charge in [-0.2, -0.15) is 0 Å². The molecule has 128 valence electrons. The first-order valence-electron chi connectivity index (χ1n) is 7.63. The summed E-state index contributed by atoms with van der Waals surface area (Å²) in [5.41, 5.74) is 6.74. The van der Waals surface area contributed by atoms with Crippen molar-refractivity contribution in [2.75, 3.05) is 5.75 Å². The largest absolute Gasteiger partial charge is 0.361 e. The van der Waals surface area contributed by atoms with Crippen LogP contribution in [0, 0.1) is 0 Å². The van der Waals surface area contributed by atoms with Gasteiger partial charge < -0.3 is 4.98 Å². The van der Waals surface area contributed by atoms with E-state index in [0.29, 0.717) is 5.02 Å². The fraction of sp³-hybridized carbons (Fsp3) is 0.111. The lowest BCUT2D eigenvalue weighted by Gasteiger charge is -2.07. The number of thioether (sulfide) groups is 1. The van der Waals surface area contributed by atoms with Crippen LogP contribution in [0.4, 0.5) is 0 Å². The number of hydrazine groups is 1. The number of rotatable bonds is 5. The Bertz CT molecular complexity index is 893. The zero-order chi connectivity index (χ0) is 17.6. The van der Waals surface area contributed by atoms with E-state index in [1.807, 2.05) is 42.6 Å². The van der Waals surface area contributed by atoms with Crippen molar-refractivity contribution in [3.05, 3.63) is 65.3 Å². The molecule has 0 atom stereocenters. The molecule has 3 rings (SSSR count). The molecule has 0 fully saturated rings. The number of aromatic nitrogens is 1. The third-order valence-electron chi connectivity index (χ3n) is 3.55. The van der Waals surface area contributed by atoms with Crippen LogP contribution >= 0.6 is 23.4 Å². The lowest BCUT2D eigenvalue weighted by atomic mass is 10.1. The Morgan fingerprint density at radius 1 is 1.00 bits per heavy atom. The average molecular weight is 374 g/mol. The topological polar surface area (TPSA) is 74.0 Å². The fourth-order valence-corrected chi connectivity index (χ4v) is 3.17. The highest BCUT2D eigenvalue weighted by Gasteiger charge is 2.10. The molecule has 0 unspecified atom stereocenters. The second-order valence-corrected chi connectivity index (χ2v) is 6.86. The van der Waals surface area contributed by atoms with Crippen LogP contribution in [0.15, 0.2) is 59.6 Å². The first-order valence-corrected chi connectivity index (χ1v) is 8.99. The fourth-order valence-electron chi connectivity index (χ4n) is 2.35. The van der Waals surface area contributed by atoms with Crippen LogP contribution in [0.2, 0.25) is 5.02 Å². The van der Waals surface area contributed by atoms with Gasteiger partial charge in [-0.05, 0) is 35.9 Å². The Morgan fingerprint density at radius 3 is 2.52 bits per heavy atom. The predicted molar refractivity (Wildman–Crippen MR) is 100 cm³/mol. The number of para-hydroxylation sites is 1. The van der Waals surface area contributed by atoms with Crippen molar-refractivity contribution in [2.45, 2.75) is 11.3 Å². The number of nitrogens with one attached hydrogen (secondary N) is 3. The zero-order valence-corrected chi connectivity index (χ0v) is 14.8. The van der Waals surface area contributed by atoms with E-state index in [1.54, 1.807) is 12.1 Å². The Morgan fingerprint density at radius 2 is 1.72 bits per heavy atom. The molecular formula is C18H16ClN3O2S. The van der Waals surface area contributed by atoms with E-state index in [0.717, 1.165) is 21.4 Å². The van der Waals surface area contributed by atoms with Gasteiger partial charge in [0.1, 0.15) is 0 Å². The van der Waals surface area contributed by atoms with Crippen LogP contribution in [0.25, 0.3) is 10.9 Å². The van der Waals surface area contributed by atoms with E-state index < -0.39 is 0 Å². The van der Waals surface area contributed by atoms with Gasteiger partial charge in [-0.15, -0.1) is 11.8 Å². The number of aromatic amines is 1. The Hall–Kier alpha value is -2.44. The van der Waals surface area contributed by atoms with Crippen molar-refractivity contribution >= 4 is 46.1 Å². The predicted octanol–water partition coefficient (Wildman–Crippen LogP) is 3.30. The van der Waals surface area contributed by atoms with Crippen molar-refractivity contribution in [3.63, 3.8) is 0 Å². The molecule has 1 aromatic heterocycles. The van der Waals surface area contributed by atoms with Crippen LogP contribution in [0.1, 0.15) is 5.56 Å². The second-order valence-electron chi connectivity index (χ2n) is 5.38. The number of carbonyl (C=O) groups is 2. The van der Waals surface area contributed by atoms with Gasteiger partial charge in [0.25, 0.3) is 0 Å². The molecule has 2 amide bonds. The molecule has 0 aliphatic heterocycles. The van der Waals surface area contributed by atoms with Crippen molar-refractivity contribution in [1.29, 1.82) is 0 Å². The van der Waals surface area contributed by atoms with Gasteiger partial charge in [0, 0.05) is 27.0 Å². The third-order valence-corrected chi connectivity index (χ3v) is 4.81. The van der Waals surface area contributed by atoms with Crippen LogP contribution in [-0.2, 0) is 16.0 Å². The van der Waals surface area contributed by atoms with Gasteiger partial charge in [-0.3, -0.25) is 20.4 Å². The maximum atomic E-state index is 12.0. The average Bonchev–Trinajstić information content (AvgIpc) is 3.02. The van der Waals surface area contributed by atoms with Gasteiger partial charge >= 0.3 is 0 Å². The molecule has 0 saturated heterocycles. The minimum absolute atomic E-state index is 0.189. The van der Waals surface area contributed by atoms with Crippen molar-refractivity contribution in [1.82, 2.24) is 15.8 Å². The number of carbonyl (C=O) groups excluding carboxylic acids is 2. The molecule has 5 nitrogen and oxygen atoms in total. The summed E-state index contributed by atoms with van der Waals surface area (Å²) >= 11 is 7.18. The van der Waals surface area contributed by atoms with Crippen LogP contribution in [0.5, 0.6) is 0 Å². The quantitative estimate of drug-likeness (QED) is 0.474. The molecule has 25 heavy (non-hydrogen) atoms. The number of halogens is 1. The van der Waals surface area contributed by atoms with Crippen LogP contribution < -0.4 is 10.9 Å². The highest BCUT2D eigenvalue weighted by Crippen LogP contribution is 2.20. The number of benzene rings is 2. The number of H-pyrrole nitrogens is 1. The molecule has 3 aromatic rings. The molecular weight excluding hydrogens is 358 g/mol. The van der Waals surface area contributed by atoms with E-state index >= 15 is 0 Å². The maximum Gasteiger partial charge on any atom is 0.248 e. The smallest absolute Gasteiger partial charge is 0.248 e. The summed E-state index contributed by atoms with van der Waals surface area (Å²) in [7, 11) is 0. The Balaban J connectivity index is 1.45. The van der Waals surface area contributed by atoms with Crippen molar-refractivity contribution in [3.8, 4) is 0 Å². The molecule has 0 radical (unpaired) electrons. The van der Waals surface area contributed by atoms with E-state index in [2.05, 4.69) is 15.8 Å². The highest BCUT2D eigenvalue weighted by molar-refractivity contribution is 8.00. The molecule has 7 heteroatoms. The minimum Gasteiger partial charge on any atom is -0.361 e. The normalized spacial score (nSPS) is 10.6. The molecule has 0 aliphatic carbocycles. The zero-order valence-electron chi connectivity index (χ0n) is 13.2. The molecule has 3 N–H and O–H groups in total.